The van der Waals surface area contributed by atoms with Crippen LogP contribution in [-0.4, -0.2) is 23.5 Å². The predicted molar refractivity (Wildman–Crippen MR) is 142 cm³/mol. The summed E-state index contributed by atoms with van der Waals surface area (Å²) in [6, 6.07) is 23.6. The summed E-state index contributed by atoms with van der Waals surface area (Å²) in [5.41, 5.74) is 4.21. The van der Waals surface area contributed by atoms with E-state index < -0.39 is 17.6 Å². The standard InChI is InChI=1S/C31H29F2NO3/c1-2-3-4-27(20-5-7-21(8-6-20)31(37)34-16-15-30(35)36)26-12-11-22-17-23(9-10-24(22)18-26)25-13-14-28(32)29(33)19-25/h5-14,17-19,27H,2-4,15-16H2,1H3,(H,34,37)(H,35,36). The summed E-state index contributed by atoms with van der Waals surface area (Å²) in [5, 5.41) is 13.4. The van der Waals surface area contributed by atoms with Crippen molar-refractivity contribution in [3.63, 3.8) is 0 Å². The number of hydrogen-bond donors (Lipinski definition) is 2. The molecule has 1 atom stereocenters. The van der Waals surface area contributed by atoms with Crippen molar-refractivity contribution in [3.8, 4) is 11.1 Å². The van der Waals surface area contributed by atoms with Gasteiger partial charge in [-0.3, -0.25) is 9.59 Å². The average Bonchev–Trinajstić information content (AvgIpc) is 2.90. The predicted octanol–water partition coefficient (Wildman–Crippen LogP) is 7.31. The Morgan fingerprint density at radius 2 is 1.46 bits per heavy atom. The fourth-order valence-electron chi connectivity index (χ4n) is 4.52. The second kappa shape index (κ2) is 11.8. The molecular formula is C31H29F2NO3. The molecule has 0 aliphatic rings. The highest BCUT2D eigenvalue weighted by Gasteiger charge is 2.16. The largest absolute Gasteiger partial charge is 0.481 e. The zero-order valence-electron chi connectivity index (χ0n) is 20.6. The molecule has 1 amide bonds. The maximum atomic E-state index is 13.7. The first-order valence-electron chi connectivity index (χ1n) is 12.4. The van der Waals surface area contributed by atoms with Crippen molar-refractivity contribution in [2.45, 2.75) is 38.5 Å². The number of halogens is 2. The maximum absolute atomic E-state index is 13.7. The molecule has 37 heavy (non-hydrogen) atoms. The van der Waals surface area contributed by atoms with Crippen molar-refractivity contribution < 1.29 is 23.5 Å². The van der Waals surface area contributed by atoms with Gasteiger partial charge in [0.15, 0.2) is 11.6 Å². The van der Waals surface area contributed by atoms with E-state index in [1.807, 2.05) is 30.3 Å². The van der Waals surface area contributed by atoms with E-state index in [0.29, 0.717) is 11.1 Å². The molecule has 0 aromatic heterocycles. The highest BCUT2D eigenvalue weighted by molar-refractivity contribution is 5.94. The van der Waals surface area contributed by atoms with Crippen LogP contribution in [0.1, 0.15) is 60.0 Å². The minimum Gasteiger partial charge on any atom is -0.481 e. The van der Waals surface area contributed by atoms with Gasteiger partial charge in [-0.25, -0.2) is 8.78 Å². The first kappa shape index (κ1) is 26.0. The Kier molecular flexibility index (Phi) is 8.29. The molecule has 4 aromatic carbocycles. The molecular weight excluding hydrogens is 472 g/mol. The van der Waals surface area contributed by atoms with Gasteiger partial charge >= 0.3 is 5.97 Å². The van der Waals surface area contributed by atoms with Gasteiger partial charge in [-0.15, -0.1) is 0 Å². The number of hydrogen-bond acceptors (Lipinski definition) is 2. The van der Waals surface area contributed by atoms with Gasteiger partial charge in [0.2, 0.25) is 0 Å². The van der Waals surface area contributed by atoms with Gasteiger partial charge in [0.25, 0.3) is 5.91 Å². The van der Waals surface area contributed by atoms with Crippen molar-refractivity contribution in [1.82, 2.24) is 5.32 Å². The van der Waals surface area contributed by atoms with E-state index in [1.165, 1.54) is 11.6 Å². The van der Waals surface area contributed by atoms with Gasteiger partial charge in [-0.05, 0) is 69.8 Å². The lowest BCUT2D eigenvalue weighted by Gasteiger charge is -2.19. The van der Waals surface area contributed by atoms with Crippen LogP contribution in [0.15, 0.2) is 78.9 Å². The number of amides is 1. The highest BCUT2D eigenvalue weighted by Crippen LogP contribution is 2.33. The first-order valence-corrected chi connectivity index (χ1v) is 12.4. The fourth-order valence-corrected chi connectivity index (χ4v) is 4.52. The third-order valence-electron chi connectivity index (χ3n) is 6.57. The molecule has 4 rings (SSSR count). The lowest BCUT2D eigenvalue weighted by atomic mass is 9.85. The molecule has 0 spiro atoms. The molecule has 0 saturated carbocycles. The zero-order chi connectivity index (χ0) is 26.4. The van der Waals surface area contributed by atoms with Crippen LogP contribution in [0.3, 0.4) is 0 Å². The van der Waals surface area contributed by atoms with E-state index in [-0.39, 0.29) is 24.8 Å². The van der Waals surface area contributed by atoms with Crippen LogP contribution >= 0.6 is 0 Å². The smallest absolute Gasteiger partial charge is 0.305 e. The zero-order valence-corrected chi connectivity index (χ0v) is 20.6. The van der Waals surface area contributed by atoms with Crippen LogP contribution in [0, 0.1) is 11.6 Å². The maximum Gasteiger partial charge on any atom is 0.305 e. The van der Waals surface area contributed by atoms with E-state index in [4.69, 9.17) is 5.11 Å². The summed E-state index contributed by atoms with van der Waals surface area (Å²) in [5.74, 6) is -2.82. The Morgan fingerprint density at radius 1 is 0.811 bits per heavy atom. The van der Waals surface area contributed by atoms with Gasteiger partial charge in [0.05, 0.1) is 6.42 Å². The Labute approximate surface area is 215 Å². The van der Waals surface area contributed by atoms with Crippen molar-refractivity contribution in [1.29, 1.82) is 0 Å². The Bertz CT molecular complexity index is 1420. The minimum absolute atomic E-state index is 0.0872. The number of carbonyl (C=O) groups is 2. The summed E-state index contributed by atoms with van der Waals surface area (Å²) in [6.07, 6.45) is 2.95. The molecule has 0 heterocycles. The Morgan fingerprint density at radius 3 is 2.16 bits per heavy atom. The number of fused-ring (bicyclic) bond motifs is 1. The summed E-state index contributed by atoms with van der Waals surface area (Å²) in [7, 11) is 0. The van der Waals surface area contributed by atoms with Crippen LogP contribution in [0.4, 0.5) is 8.78 Å². The molecule has 0 saturated heterocycles. The van der Waals surface area contributed by atoms with Gasteiger partial charge in [0, 0.05) is 18.0 Å². The summed E-state index contributed by atoms with van der Waals surface area (Å²) >= 11 is 0. The first-order chi connectivity index (χ1) is 17.9. The van der Waals surface area contributed by atoms with Crippen molar-refractivity contribution >= 4 is 22.6 Å². The van der Waals surface area contributed by atoms with E-state index in [1.54, 1.807) is 18.2 Å². The number of unbranched alkanes of at least 4 members (excludes halogenated alkanes) is 1. The molecule has 4 nitrogen and oxygen atoms in total. The monoisotopic (exact) mass is 501 g/mol. The van der Waals surface area contributed by atoms with Gasteiger partial charge < -0.3 is 10.4 Å². The fraction of sp³-hybridized carbons (Fsp3) is 0.226. The Balaban J connectivity index is 1.58. The van der Waals surface area contributed by atoms with Crippen LogP contribution in [0.5, 0.6) is 0 Å². The molecule has 0 fully saturated rings. The van der Waals surface area contributed by atoms with Crippen molar-refractivity contribution in [2.24, 2.45) is 0 Å². The van der Waals surface area contributed by atoms with E-state index in [0.717, 1.165) is 47.2 Å². The van der Waals surface area contributed by atoms with Crippen LogP contribution < -0.4 is 5.32 Å². The molecule has 190 valence electrons. The molecule has 0 aliphatic heterocycles. The molecule has 0 bridgehead atoms. The average molecular weight is 502 g/mol. The number of carboxylic acids is 1. The van der Waals surface area contributed by atoms with E-state index in [9.17, 15) is 18.4 Å². The lowest BCUT2D eigenvalue weighted by Crippen LogP contribution is -2.25. The van der Waals surface area contributed by atoms with Crippen LogP contribution in [0.25, 0.3) is 21.9 Å². The second-order valence-corrected chi connectivity index (χ2v) is 9.17. The van der Waals surface area contributed by atoms with Crippen molar-refractivity contribution in [2.75, 3.05) is 6.54 Å². The minimum atomic E-state index is -0.953. The lowest BCUT2D eigenvalue weighted by molar-refractivity contribution is -0.136. The number of rotatable bonds is 10. The molecule has 6 heteroatoms. The molecule has 4 aromatic rings. The van der Waals surface area contributed by atoms with Crippen LogP contribution in [-0.2, 0) is 4.79 Å². The number of carboxylic acid groups (broad SMARTS) is 1. The molecule has 0 radical (unpaired) electrons. The quantitative estimate of drug-likeness (QED) is 0.239. The topological polar surface area (TPSA) is 66.4 Å². The number of aliphatic carboxylic acids is 1. The second-order valence-electron chi connectivity index (χ2n) is 9.17. The van der Waals surface area contributed by atoms with Gasteiger partial charge in [0.1, 0.15) is 0 Å². The summed E-state index contributed by atoms with van der Waals surface area (Å²) in [6.45, 7) is 2.24. The number of carbonyl (C=O) groups excluding carboxylic acids is 1. The van der Waals surface area contributed by atoms with E-state index in [2.05, 4.69) is 30.4 Å². The number of nitrogens with one attached hydrogen (secondary N) is 1. The molecule has 2 N–H and O–H groups in total. The SMILES string of the molecule is CCCCC(c1ccc(C(=O)NCCC(=O)O)cc1)c1ccc2cc(-c3ccc(F)c(F)c3)ccc2c1. The summed E-state index contributed by atoms with van der Waals surface area (Å²) in [4.78, 5) is 23.0. The van der Waals surface area contributed by atoms with E-state index >= 15 is 0 Å². The van der Waals surface area contributed by atoms with Crippen LogP contribution in [0.2, 0.25) is 0 Å². The molecule has 1 unspecified atom stereocenters. The normalized spacial score (nSPS) is 11.9. The highest BCUT2D eigenvalue weighted by atomic mass is 19.2. The van der Waals surface area contributed by atoms with Gasteiger partial charge in [-0.1, -0.05) is 68.3 Å². The number of benzene rings is 4. The van der Waals surface area contributed by atoms with Gasteiger partial charge in [-0.2, -0.15) is 0 Å². The van der Waals surface area contributed by atoms with Crippen molar-refractivity contribution in [3.05, 3.63) is 107 Å². The third-order valence-corrected chi connectivity index (χ3v) is 6.57. The summed E-state index contributed by atoms with van der Waals surface area (Å²) < 4.78 is 27.1. The molecule has 0 aliphatic carbocycles. The Hall–Kier alpha value is -4.06. The third kappa shape index (κ3) is 6.39.